The lowest BCUT2D eigenvalue weighted by Gasteiger charge is -2.50. The van der Waals surface area contributed by atoms with Crippen LogP contribution in [0.25, 0.3) is 0 Å². The first-order chi connectivity index (χ1) is 4.29. The molecule has 2 saturated carbocycles. The summed E-state index contributed by atoms with van der Waals surface area (Å²) in [5.41, 5.74) is 0. The molecule has 0 radical (unpaired) electrons. The Morgan fingerprint density at radius 3 is 2.33 bits per heavy atom. The van der Waals surface area contributed by atoms with Crippen LogP contribution >= 0.6 is 0 Å². The maximum atomic E-state index is 10.4. The molecule has 0 bridgehead atoms. The van der Waals surface area contributed by atoms with E-state index in [4.69, 9.17) is 5.11 Å². The van der Waals surface area contributed by atoms with Gasteiger partial charge in [0.1, 0.15) is 0 Å². The fraction of sp³-hybridized carbons (Fsp3) is 0.857. The topological polar surface area (TPSA) is 37.3 Å². The fourth-order valence-electron chi connectivity index (χ4n) is 2.01. The molecule has 0 spiro atoms. The molecule has 2 heteroatoms. The predicted molar refractivity (Wildman–Crippen MR) is 32.0 cm³/mol. The van der Waals surface area contributed by atoms with E-state index in [9.17, 15) is 4.79 Å². The van der Waals surface area contributed by atoms with Crippen LogP contribution in [-0.4, -0.2) is 11.1 Å². The number of rotatable bonds is 1. The zero-order valence-corrected chi connectivity index (χ0v) is 5.21. The Hall–Kier alpha value is -0.530. The van der Waals surface area contributed by atoms with E-state index in [1.165, 1.54) is 12.8 Å². The number of carboxylic acids is 1. The van der Waals surface area contributed by atoms with Gasteiger partial charge in [-0.05, 0) is 31.1 Å². The van der Waals surface area contributed by atoms with Gasteiger partial charge < -0.3 is 5.11 Å². The summed E-state index contributed by atoms with van der Waals surface area (Å²) in [6.07, 6.45) is 3.41. The minimum absolute atomic E-state index is 0.0312. The molecule has 2 aliphatic carbocycles. The number of hydrogen-bond acceptors (Lipinski definition) is 1. The van der Waals surface area contributed by atoms with Crippen molar-refractivity contribution in [1.82, 2.24) is 0 Å². The van der Waals surface area contributed by atoms with Crippen LogP contribution in [0.3, 0.4) is 0 Å². The Morgan fingerprint density at radius 2 is 2.22 bits per heavy atom. The van der Waals surface area contributed by atoms with Crippen molar-refractivity contribution in [2.24, 2.45) is 17.8 Å². The molecule has 0 amide bonds. The number of fused-ring (bicyclic) bond motifs is 1. The monoisotopic (exact) mass is 126 g/mol. The second-order valence-electron chi connectivity index (χ2n) is 3.18. The van der Waals surface area contributed by atoms with Crippen LogP contribution in [0.15, 0.2) is 0 Å². The van der Waals surface area contributed by atoms with Crippen LogP contribution in [-0.2, 0) is 4.79 Å². The minimum Gasteiger partial charge on any atom is -0.481 e. The van der Waals surface area contributed by atoms with Crippen molar-refractivity contribution >= 4 is 5.97 Å². The van der Waals surface area contributed by atoms with Gasteiger partial charge in [0.05, 0.1) is 5.92 Å². The normalized spacial score (nSPS) is 46.4. The van der Waals surface area contributed by atoms with Crippen molar-refractivity contribution in [3.63, 3.8) is 0 Å². The number of aliphatic carboxylic acids is 1. The average molecular weight is 126 g/mol. The molecule has 9 heavy (non-hydrogen) atoms. The molecule has 0 aliphatic heterocycles. The summed E-state index contributed by atoms with van der Waals surface area (Å²) in [4.78, 5) is 10.4. The fourth-order valence-corrected chi connectivity index (χ4v) is 2.01. The molecule has 2 aliphatic rings. The quantitative estimate of drug-likeness (QED) is 0.571. The molecule has 0 aromatic rings. The molecule has 3 atom stereocenters. The number of carboxylic acid groups (broad SMARTS) is 1. The third-order valence-electron chi connectivity index (χ3n) is 2.87. The van der Waals surface area contributed by atoms with E-state index in [2.05, 4.69) is 0 Å². The van der Waals surface area contributed by atoms with Crippen molar-refractivity contribution in [1.29, 1.82) is 0 Å². The smallest absolute Gasteiger partial charge is 0.306 e. The highest BCUT2D eigenvalue weighted by Gasteiger charge is 2.50. The predicted octanol–water partition coefficient (Wildman–Crippen LogP) is 1.12. The summed E-state index contributed by atoms with van der Waals surface area (Å²) in [5.74, 6) is 0.827. The molecule has 0 aromatic heterocycles. The second kappa shape index (κ2) is 1.49. The zero-order chi connectivity index (χ0) is 6.43. The number of carbonyl (C=O) groups is 1. The maximum absolute atomic E-state index is 10.4. The SMILES string of the molecule is O=C(O)C1C[C@H]2CC[C@@H]12. The largest absolute Gasteiger partial charge is 0.481 e. The van der Waals surface area contributed by atoms with Gasteiger partial charge in [-0.25, -0.2) is 0 Å². The highest BCUT2D eigenvalue weighted by molar-refractivity contribution is 5.72. The van der Waals surface area contributed by atoms with Crippen LogP contribution < -0.4 is 0 Å². The number of hydrogen-bond donors (Lipinski definition) is 1. The standard InChI is InChI=1S/C7H10O2/c8-7(9)6-3-4-1-2-5(4)6/h4-6H,1-3H2,(H,8,9)/t4-,5-,6?/m1/s1. The summed E-state index contributed by atoms with van der Waals surface area (Å²) in [6, 6.07) is 0. The van der Waals surface area contributed by atoms with Crippen LogP contribution in [0, 0.1) is 17.8 Å². The Balaban J connectivity index is 1.97. The lowest BCUT2D eigenvalue weighted by atomic mass is 9.53. The van der Waals surface area contributed by atoms with Gasteiger partial charge in [-0.15, -0.1) is 0 Å². The Morgan fingerprint density at radius 1 is 1.44 bits per heavy atom. The van der Waals surface area contributed by atoms with Crippen molar-refractivity contribution in [3.05, 3.63) is 0 Å². The summed E-state index contributed by atoms with van der Waals surface area (Å²) in [5, 5.41) is 8.56. The van der Waals surface area contributed by atoms with E-state index < -0.39 is 5.97 Å². The van der Waals surface area contributed by atoms with Crippen molar-refractivity contribution in [2.75, 3.05) is 0 Å². The summed E-state index contributed by atoms with van der Waals surface area (Å²) in [7, 11) is 0. The molecule has 0 saturated heterocycles. The Bertz CT molecular complexity index is 153. The van der Waals surface area contributed by atoms with Crippen LogP contribution in [0.2, 0.25) is 0 Å². The average Bonchev–Trinajstić information content (AvgIpc) is 1.76. The van der Waals surface area contributed by atoms with Crippen LogP contribution in [0.5, 0.6) is 0 Å². The summed E-state index contributed by atoms with van der Waals surface area (Å²) < 4.78 is 0. The summed E-state index contributed by atoms with van der Waals surface area (Å²) in [6.45, 7) is 0. The lowest BCUT2D eigenvalue weighted by Crippen LogP contribution is -2.47. The van der Waals surface area contributed by atoms with Gasteiger partial charge in [0, 0.05) is 0 Å². The van der Waals surface area contributed by atoms with Crippen molar-refractivity contribution in [2.45, 2.75) is 19.3 Å². The first-order valence-electron chi connectivity index (χ1n) is 3.52. The van der Waals surface area contributed by atoms with Gasteiger partial charge >= 0.3 is 5.97 Å². The molecule has 50 valence electrons. The van der Waals surface area contributed by atoms with Gasteiger partial charge in [-0.2, -0.15) is 0 Å². The van der Waals surface area contributed by atoms with Crippen LogP contribution in [0.4, 0.5) is 0 Å². The molecule has 2 rings (SSSR count). The lowest BCUT2D eigenvalue weighted by molar-refractivity contribution is -0.157. The van der Waals surface area contributed by atoms with Gasteiger partial charge in [0.15, 0.2) is 0 Å². The molecule has 2 fully saturated rings. The highest BCUT2D eigenvalue weighted by atomic mass is 16.4. The molecule has 0 heterocycles. The third-order valence-corrected chi connectivity index (χ3v) is 2.87. The molecule has 2 nitrogen and oxygen atoms in total. The molecule has 1 N–H and O–H groups in total. The van der Waals surface area contributed by atoms with Crippen LogP contribution in [0.1, 0.15) is 19.3 Å². The van der Waals surface area contributed by atoms with Crippen molar-refractivity contribution < 1.29 is 9.90 Å². The highest BCUT2D eigenvalue weighted by Crippen LogP contribution is 2.54. The van der Waals surface area contributed by atoms with Crippen molar-refractivity contribution in [3.8, 4) is 0 Å². The molecule has 1 unspecified atom stereocenters. The van der Waals surface area contributed by atoms with Gasteiger partial charge in [-0.1, -0.05) is 0 Å². The minimum atomic E-state index is -0.573. The Labute approximate surface area is 53.9 Å². The van der Waals surface area contributed by atoms with Gasteiger partial charge in [0.2, 0.25) is 0 Å². The van der Waals surface area contributed by atoms with Gasteiger partial charge in [0.25, 0.3) is 0 Å². The van der Waals surface area contributed by atoms with Gasteiger partial charge in [-0.3, -0.25) is 4.79 Å². The summed E-state index contributed by atoms with van der Waals surface area (Å²) >= 11 is 0. The zero-order valence-electron chi connectivity index (χ0n) is 5.21. The first-order valence-corrected chi connectivity index (χ1v) is 3.52. The van der Waals surface area contributed by atoms with E-state index in [0.717, 1.165) is 12.3 Å². The van der Waals surface area contributed by atoms with E-state index in [1.807, 2.05) is 0 Å². The molecular weight excluding hydrogens is 116 g/mol. The Kier molecular flexibility index (Phi) is 0.875. The third kappa shape index (κ3) is 0.533. The molecular formula is C7H10O2. The van der Waals surface area contributed by atoms with E-state index in [0.29, 0.717) is 5.92 Å². The first kappa shape index (κ1) is 5.27. The van der Waals surface area contributed by atoms with E-state index in [1.54, 1.807) is 0 Å². The maximum Gasteiger partial charge on any atom is 0.306 e. The second-order valence-corrected chi connectivity index (χ2v) is 3.18. The van der Waals surface area contributed by atoms with E-state index >= 15 is 0 Å². The van der Waals surface area contributed by atoms with E-state index in [-0.39, 0.29) is 5.92 Å². The molecule has 0 aromatic carbocycles.